The van der Waals surface area contributed by atoms with E-state index in [-0.39, 0.29) is 17.5 Å². The highest BCUT2D eigenvalue weighted by Gasteiger charge is 2.32. The lowest BCUT2D eigenvalue weighted by molar-refractivity contribution is 0.0490. The van der Waals surface area contributed by atoms with Gasteiger partial charge in [0.05, 0.1) is 6.61 Å². The Morgan fingerprint density at radius 3 is 2.57 bits per heavy atom. The molecule has 0 bridgehead atoms. The number of nitrogens with one attached hydrogen (secondary N) is 1. The third-order valence-corrected chi connectivity index (χ3v) is 5.52. The van der Waals surface area contributed by atoms with Crippen LogP contribution < -0.4 is 0 Å². The van der Waals surface area contributed by atoms with Crippen molar-refractivity contribution in [1.29, 1.82) is 0 Å². The molecule has 28 heavy (non-hydrogen) atoms. The molecule has 0 fully saturated rings. The van der Waals surface area contributed by atoms with Crippen LogP contribution in [-0.2, 0) is 11.2 Å². The monoisotopic (exact) mass is 385 g/mol. The minimum atomic E-state index is -0.395. The molecule has 0 radical (unpaired) electrons. The van der Waals surface area contributed by atoms with Crippen LogP contribution in [0.4, 0.5) is 4.39 Å². The fraction of sp³-hybridized carbons (Fsp3) is 0.478. The molecular weight excluding hydrogens is 357 g/mol. The smallest absolute Gasteiger partial charge is 0.355 e. The zero-order chi connectivity index (χ0) is 20.1. The van der Waals surface area contributed by atoms with Crippen molar-refractivity contribution in [2.45, 2.75) is 64.7 Å². The number of hydrogen-bond acceptors (Lipinski definition) is 3. The van der Waals surface area contributed by atoms with Gasteiger partial charge >= 0.3 is 5.97 Å². The van der Waals surface area contributed by atoms with E-state index in [1.165, 1.54) is 25.0 Å². The highest BCUT2D eigenvalue weighted by atomic mass is 19.1. The first-order valence-electron chi connectivity index (χ1n) is 10.2. The second kappa shape index (κ2) is 9.18. The van der Waals surface area contributed by atoms with Crippen LogP contribution in [0, 0.1) is 12.7 Å². The summed E-state index contributed by atoms with van der Waals surface area (Å²) in [5.74, 6) is -0.681. The normalized spacial score (nSPS) is 16.1. The van der Waals surface area contributed by atoms with E-state index in [0.29, 0.717) is 36.3 Å². The Kier molecular flexibility index (Phi) is 6.65. The minimum absolute atomic E-state index is 0.0129. The predicted octanol–water partition coefficient (Wildman–Crippen LogP) is 5.50. The molecule has 1 aliphatic rings. The first-order valence-corrected chi connectivity index (χ1v) is 10.2. The standard InChI is InChI=1S/C23H28FNO3/c1-3-4-5-6-7-12-28-23(27)22-15(2)21-19(25-22)13-17(14-20(21)26)16-8-10-18(24)11-9-16/h8-11,17,25H,3-7,12-14H2,1-2H3. The van der Waals surface area contributed by atoms with Crippen LogP contribution >= 0.6 is 0 Å². The molecule has 1 aromatic heterocycles. The molecule has 0 amide bonds. The van der Waals surface area contributed by atoms with Gasteiger partial charge in [0.25, 0.3) is 0 Å². The number of esters is 1. The molecule has 0 saturated heterocycles. The van der Waals surface area contributed by atoms with Crippen molar-refractivity contribution in [1.82, 2.24) is 4.98 Å². The van der Waals surface area contributed by atoms with Gasteiger partial charge in [-0.2, -0.15) is 0 Å². The number of H-pyrrole nitrogens is 1. The van der Waals surface area contributed by atoms with E-state index >= 15 is 0 Å². The number of aromatic amines is 1. The summed E-state index contributed by atoms with van der Waals surface area (Å²) in [6, 6.07) is 6.28. The Balaban J connectivity index is 1.67. The largest absolute Gasteiger partial charge is 0.461 e. The number of carbonyl (C=O) groups excluding carboxylic acids is 2. The number of Topliss-reactive ketones (excluding diaryl/α,β-unsaturated/α-hetero) is 1. The van der Waals surface area contributed by atoms with Crippen LogP contribution in [0.3, 0.4) is 0 Å². The van der Waals surface area contributed by atoms with Gasteiger partial charge in [-0.25, -0.2) is 9.18 Å². The molecular formula is C23H28FNO3. The summed E-state index contributed by atoms with van der Waals surface area (Å²) in [4.78, 5) is 28.3. The molecule has 1 aromatic carbocycles. The lowest BCUT2D eigenvalue weighted by Gasteiger charge is -2.22. The quantitative estimate of drug-likeness (QED) is 0.482. The SMILES string of the molecule is CCCCCCCOC(=O)c1[nH]c2c(c1C)C(=O)CC(c1ccc(F)cc1)C2. The zero-order valence-electron chi connectivity index (χ0n) is 16.6. The number of ether oxygens (including phenoxy) is 1. The third-order valence-electron chi connectivity index (χ3n) is 5.52. The highest BCUT2D eigenvalue weighted by molar-refractivity contribution is 6.03. The second-order valence-corrected chi connectivity index (χ2v) is 7.61. The van der Waals surface area contributed by atoms with E-state index < -0.39 is 5.97 Å². The Hall–Kier alpha value is -2.43. The molecule has 150 valence electrons. The van der Waals surface area contributed by atoms with Crippen molar-refractivity contribution in [3.63, 3.8) is 0 Å². The van der Waals surface area contributed by atoms with Crippen LogP contribution in [0.25, 0.3) is 0 Å². The second-order valence-electron chi connectivity index (χ2n) is 7.61. The molecule has 1 heterocycles. The number of benzene rings is 1. The highest BCUT2D eigenvalue weighted by Crippen LogP contribution is 2.35. The molecule has 2 aromatic rings. The number of rotatable bonds is 8. The van der Waals surface area contributed by atoms with Crippen molar-refractivity contribution in [2.75, 3.05) is 6.61 Å². The van der Waals surface area contributed by atoms with Crippen LogP contribution in [0.15, 0.2) is 24.3 Å². The molecule has 3 rings (SSSR count). The lowest BCUT2D eigenvalue weighted by Crippen LogP contribution is -2.18. The number of hydrogen-bond donors (Lipinski definition) is 1. The average molecular weight is 385 g/mol. The number of aromatic nitrogens is 1. The Labute approximate surface area is 165 Å². The lowest BCUT2D eigenvalue weighted by atomic mass is 9.81. The molecule has 4 nitrogen and oxygen atoms in total. The molecule has 1 atom stereocenters. The van der Waals surface area contributed by atoms with Gasteiger partial charge in [0.15, 0.2) is 5.78 Å². The summed E-state index contributed by atoms with van der Waals surface area (Å²) in [5.41, 5.74) is 3.38. The molecule has 1 N–H and O–H groups in total. The average Bonchev–Trinajstić information content (AvgIpc) is 3.02. The van der Waals surface area contributed by atoms with Gasteiger partial charge in [-0.1, -0.05) is 44.7 Å². The number of halogens is 1. The first kappa shape index (κ1) is 20.3. The Morgan fingerprint density at radius 1 is 1.14 bits per heavy atom. The summed E-state index contributed by atoms with van der Waals surface area (Å²) < 4.78 is 18.6. The maximum Gasteiger partial charge on any atom is 0.355 e. The molecule has 0 saturated carbocycles. The van der Waals surface area contributed by atoms with Gasteiger partial charge in [0.1, 0.15) is 11.5 Å². The number of fused-ring (bicyclic) bond motifs is 1. The molecule has 0 aliphatic heterocycles. The number of unbranched alkanes of at least 4 members (excludes halogenated alkanes) is 4. The van der Waals surface area contributed by atoms with Gasteiger partial charge in [-0.05, 0) is 48.9 Å². The summed E-state index contributed by atoms with van der Waals surface area (Å²) >= 11 is 0. The summed E-state index contributed by atoms with van der Waals surface area (Å²) in [5, 5.41) is 0. The third kappa shape index (κ3) is 4.51. The van der Waals surface area contributed by atoms with Gasteiger partial charge in [-0.15, -0.1) is 0 Å². The summed E-state index contributed by atoms with van der Waals surface area (Å²) in [6.07, 6.45) is 6.44. The van der Waals surface area contributed by atoms with Crippen molar-refractivity contribution in [2.24, 2.45) is 0 Å². The zero-order valence-corrected chi connectivity index (χ0v) is 16.6. The molecule has 5 heteroatoms. The van der Waals surface area contributed by atoms with Crippen LogP contribution in [0.5, 0.6) is 0 Å². The van der Waals surface area contributed by atoms with E-state index in [2.05, 4.69) is 11.9 Å². The van der Waals surface area contributed by atoms with Crippen LogP contribution in [0.2, 0.25) is 0 Å². The minimum Gasteiger partial charge on any atom is -0.461 e. The molecule has 1 unspecified atom stereocenters. The molecule has 0 spiro atoms. The van der Waals surface area contributed by atoms with E-state index in [9.17, 15) is 14.0 Å². The molecule has 1 aliphatic carbocycles. The van der Waals surface area contributed by atoms with E-state index in [0.717, 1.165) is 30.5 Å². The van der Waals surface area contributed by atoms with Crippen LogP contribution in [-0.4, -0.2) is 23.3 Å². The Morgan fingerprint density at radius 2 is 1.86 bits per heavy atom. The van der Waals surface area contributed by atoms with Crippen molar-refractivity contribution in [3.8, 4) is 0 Å². The van der Waals surface area contributed by atoms with Crippen molar-refractivity contribution >= 4 is 11.8 Å². The maximum absolute atomic E-state index is 13.2. The fourth-order valence-corrected chi connectivity index (χ4v) is 3.95. The van der Waals surface area contributed by atoms with E-state index in [1.54, 1.807) is 19.1 Å². The van der Waals surface area contributed by atoms with Gasteiger partial charge in [0.2, 0.25) is 0 Å². The Bertz CT molecular complexity index is 838. The van der Waals surface area contributed by atoms with E-state index in [4.69, 9.17) is 4.74 Å². The first-order chi connectivity index (χ1) is 13.5. The fourth-order valence-electron chi connectivity index (χ4n) is 3.95. The van der Waals surface area contributed by atoms with Gasteiger partial charge in [-0.3, -0.25) is 4.79 Å². The number of carbonyl (C=O) groups is 2. The van der Waals surface area contributed by atoms with Crippen LogP contribution in [0.1, 0.15) is 89.0 Å². The predicted molar refractivity (Wildman–Crippen MR) is 106 cm³/mol. The number of ketones is 1. The van der Waals surface area contributed by atoms with Crippen molar-refractivity contribution in [3.05, 3.63) is 58.2 Å². The van der Waals surface area contributed by atoms with Crippen molar-refractivity contribution < 1.29 is 18.7 Å². The summed E-state index contributed by atoms with van der Waals surface area (Å²) in [6.45, 7) is 4.36. The summed E-state index contributed by atoms with van der Waals surface area (Å²) in [7, 11) is 0. The topological polar surface area (TPSA) is 59.2 Å². The van der Waals surface area contributed by atoms with Gasteiger partial charge < -0.3 is 9.72 Å². The van der Waals surface area contributed by atoms with Gasteiger partial charge in [0, 0.05) is 17.7 Å². The van der Waals surface area contributed by atoms with E-state index in [1.807, 2.05) is 0 Å². The maximum atomic E-state index is 13.2.